The molecule has 0 N–H and O–H groups in total. The van der Waals surface area contributed by atoms with E-state index in [1.54, 1.807) is 0 Å². The van der Waals surface area contributed by atoms with Crippen LogP contribution in [-0.2, 0) is 6.42 Å². The summed E-state index contributed by atoms with van der Waals surface area (Å²) in [6.45, 7) is 0. The molecule has 1 aliphatic carbocycles. The van der Waals surface area contributed by atoms with Gasteiger partial charge >= 0.3 is 0 Å². The molecule has 168 valence electrons. The van der Waals surface area contributed by atoms with E-state index in [-0.39, 0.29) is 0 Å². The molecule has 0 unspecified atom stereocenters. The van der Waals surface area contributed by atoms with Gasteiger partial charge in [-0.2, -0.15) is 0 Å². The van der Waals surface area contributed by atoms with Gasteiger partial charge in [-0.1, -0.05) is 103 Å². The van der Waals surface area contributed by atoms with Crippen molar-refractivity contribution < 1.29 is 0 Å². The number of anilines is 3. The summed E-state index contributed by atoms with van der Waals surface area (Å²) >= 11 is 0. The molecule has 0 aliphatic heterocycles. The smallest absolute Gasteiger partial charge is 0.0540 e. The molecule has 0 bridgehead atoms. The zero-order chi connectivity index (χ0) is 23.6. The first-order valence-corrected chi connectivity index (χ1v) is 12.6. The van der Waals surface area contributed by atoms with Crippen molar-refractivity contribution in [2.45, 2.75) is 6.42 Å². The molecule has 7 aromatic rings. The van der Waals surface area contributed by atoms with E-state index in [1.807, 2.05) is 0 Å². The Morgan fingerprint density at radius 3 is 1.97 bits per heavy atom. The molecule has 36 heavy (non-hydrogen) atoms. The van der Waals surface area contributed by atoms with Crippen molar-refractivity contribution >= 4 is 49.4 Å². The van der Waals surface area contributed by atoms with Crippen molar-refractivity contribution in [1.29, 1.82) is 0 Å². The number of fused-ring (bicyclic) bond motifs is 3. The lowest BCUT2D eigenvalue weighted by atomic mass is 9.93. The summed E-state index contributed by atoms with van der Waals surface area (Å²) in [5.74, 6) is 0. The van der Waals surface area contributed by atoms with E-state index in [0.29, 0.717) is 0 Å². The molecular formula is C35H23N. The first-order chi connectivity index (χ1) is 17.9. The van der Waals surface area contributed by atoms with E-state index >= 15 is 0 Å². The number of rotatable bonds is 3. The molecule has 7 aromatic carbocycles. The largest absolute Gasteiger partial charge is 0.310 e. The zero-order valence-corrected chi connectivity index (χ0v) is 19.8. The Labute approximate surface area is 210 Å². The van der Waals surface area contributed by atoms with Crippen LogP contribution in [0.3, 0.4) is 0 Å². The normalized spacial score (nSPS) is 12.3. The van der Waals surface area contributed by atoms with Gasteiger partial charge in [0.1, 0.15) is 0 Å². The van der Waals surface area contributed by atoms with Crippen molar-refractivity contribution in [3.05, 3.63) is 139 Å². The maximum Gasteiger partial charge on any atom is 0.0540 e. The second kappa shape index (κ2) is 7.44. The Morgan fingerprint density at radius 2 is 1.11 bits per heavy atom. The standard InChI is InChI=1S/C35H23N/c1-2-11-27(12-3-1)36(32-15-7-14-29-28-13-5-4-8-26(28)22-31(29)32)33-21-19-25-17-16-23-9-6-10-24-18-20-30(33)35(25)34(23)24/h1-21H,22H2. The van der Waals surface area contributed by atoms with Gasteiger partial charge in [0.05, 0.1) is 11.4 Å². The summed E-state index contributed by atoms with van der Waals surface area (Å²) in [5.41, 5.74) is 9.16. The summed E-state index contributed by atoms with van der Waals surface area (Å²) in [5, 5.41) is 7.87. The Balaban J connectivity index is 1.45. The highest BCUT2D eigenvalue weighted by molar-refractivity contribution is 6.25. The first-order valence-electron chi connectivity index (χ1n) is 12.6. The number of benzene rings is 7. The molecule has 0 atom stereocenters. The quantitative estimate of drug-likeness (QED) is 0.239. The van der Waals surface area contributed by atoms with Crippen molar-refractivity contribution in [2.75, 3.05) is 4.90 Å². The fraction of sp³-hybridized carbons (Fsp3) is 0.0286. The monoisotopic (exact) mass is 457 g/mol. The van der Waals surface area contributed by atoms with Crippen molar-refractivity contribution in [3.8, 4) is 11.1 Å². The van der Waals surface area contributed by atoms with E-state index < -0.39 is 0 Å². The van der Waals surface area contributed by atoms with Crippen LogP contribution in [0.4, 0.5) is 17.1 Å². The minimum atomic E-state index is 0.955. The van der Waals surface area contributed by atoms with Gasteiger partial charge in [-0.15, -0.1) is 0 Å². The molecule has 1 aliphatic rings. The third-order valence-electron chi connectivity index (χ3n) is 7.83. The number of nitrogens with zero attached hydrogens (tertiary/aromatic N) is 1. The Bertz CT molecular complexity index is 1900. The summed E-state index contributed by atoms with van der Waals surface area (Å²) in [4.78, 5) is 2.47. The average molecular weight is 458 g/mol. The minimum Gasteiger partial charge on any atom is -0.310 e. The third kappa shape index (κ3) is 2.71. The van der Waals surface area contributed by atoms with Crippen LogP contribution in [0.25, 0.3) is 43.4 Å². The molecule has 0 saturated carbocycles. The zero-order valence-electron chi connectivity index (χ0n) is 19.8. The number of hydrogen-bond donors (Lipinski definition) is 0. The third-order valence-corrected chi connectivity index (χ3v) is 7.83. The highest BCUT2D eigenvalue weighted by atomic mass is 15.1. The summed E-state index contributed by atoms with van der Waals surface area (Å²) in [6.07, 6.45) is 0.955. The van der Waals surface area contributed by atoms with Crippen LogP contribution >= 0.6 is 0 Å². The van der Waals surface area contributed by atoms with E-state index in [4.69, 9.17) is 0 Å². The predicted molar refractivity (Wildman–Crippen MR) is 153 cm³/mol. The van der Waals surface area contributed by atoms with Crippen molar-refractivity contribution in [3.63, 3.8) is 0 Å². The van der Waals surface area contributed by atoms with Crippen LogP contribution in [0.2, 0.25) is 0 Å². The maximum absolute atomic E-state index is 2.47. The lowest BCUT2D eigenvalue weighted by molar-refractivity contribution is 1.20. The van der Waals surface area contributed by atoms with E-state index in [9.17, 15) is 0 Å². The van der Waals surface area contributed by atoms with Gasteiger partial charge in [0.25, 0.3) is 0 Å². The van der Waals surface area contributed by atoms with E-state index in [0.717, 1.165) is 6.42 Å². The topological polar surface area (TPSA) is 3.24 Å². The predicted octanol–water partition coefficient (Wildman–Crippen LogP) is 9.62. The van der Waals surface area contributed by atoms with Crippen molar-refractivity contribution in [2.24, 2.45) is 0 Å². The first kappa shape index (κ1) is 19.7. The van der Waals surface area contributed by atoms with E-state index in [2.05, 4.69) is 132 Å². The van der Waals surface area contributed by atoms with Crippen LogP contribution in [0.5, 0.6) is 0 Å². The molecule has 0 fully saturated rings. The molecule has 0 amide bonds. The molecule has 0 radical (unpaired) electrons. The van der Waals surface area contributed by atoms with Gasteiger partial charge in [0.15, 0.2) is 0 Å². The number of hydrogen-bond acceptors (Lipinski definition) is 1. The van der Waals surface area contributed by atoms with Crippen LogP contribution in [0.15, 0.2) is 127 Å². The average Bonchev–Trinajstić information content (AvgIpc) is 3.33. The van der Waals surface area contributed by atoms with Gasteiger partial charge in [-0.05, 0) is 73.5 Å². The maximum atomic E-state index is 2.47. The minimum absolute atomic E-state index is 0.955. The van der Waals surface area contributed by atoms with Crippen LogP contribution in [0.1, 0.15) is 11.1 Å². The molecule has 1 nitrogen and oxygen atoms in total. The second-order valence-electron chi connectivity index (χ2n) is 9.75. The second-order valence-corrected chi connectivity index (χ2v) is 9.75. The Kier molecular flexibility index (Phi) is 4.06. The molecule has 0 aromatic heterocycles. The van der Waals surface area contributed by atoms with Gasteiger partial charge in [0, 0.05) is 17.5 Å². The summed E-state index contributed by atoms with van der Waals surface area (Å²) in [6, 6.07) is 46.7. The van der Waals surface area contributed by atoms with Crippen LogP contribution in [0, 0.1) is 0 Å². The Morgan fingerprint density at radius 1 is 0.444 bits per heavy atom. The molecule has 1 heteroatoms. The van der Waals surface area contributed by atoms with Crippen molar-refractivity contribution in [1.82, 2.24) is 0 Å². The summed E-state index contributed by atoms with van der Waals surface area (Å²) < 4.78 is 0. The Hall–Kier alpha value is -4.62. The SMILES string of the molecule is c1ccc(N(c2cccc3c2Cc2ccccc2-3)c2ccc3ccc4cccc5ccc2c3c45)cc1. The molecule has 0 heterocycles. The highest BCUT2D eigenvalue weighted by Crippen LogP contribution is 2.48. The molecule has 0 saturated heterocycles. The fourth-order valence-electron chi connectivity index (χ4n) is 6.25. The molecule has 0 spiro atoms. The van der Waals surface area contributed by atoms with Crippen LogP contribution in [-0.4, -0.2) is 0 Å². The highest BCUT2D eigenvalue weighted by Gasteiger charge is 2.26. The molecule has 8 rings (SSSR count). The van der Waals surface area contributed by atoms with Gasteiger partial charge in [0.2, 0.25) is 0 Å². The lowest BCUT2D eigenvalue weighted by Crippen LogP contribution is -2.12. The molecular weight excluding hydrogens is 434 g/mol. The van der Waals surface area contributed by atoms with Gasteiger partial charge in [-0.25, -0.2) is 0 Å². The van der Waals surface area contributed by atoms with Gasteiger partial charge < -0.3 is 4.90 Å². The van der Waals surface area contributed by atoms with Crippen LogP contribution < -0.4 is 4.90 Å². The van der Waals surface area contributed by atoms with Gasteiger partial charge in [-0.3, -0.25) is 0 Å². The summed E-state index contributed by atoms with van der Waals surface area (Å²) in [7, 11) is 0. The fourth-order valence-corrected chi connectivity index (χ4v) is 6.25. The lowest BCUT2D eigenvalue weighted by Gasteiger charge is -2.29. The van der Waals surface area contributed by atoms with E-state index in [1.165, 1.54) is 71.6 Å². The number of para-hydroxylation sites is 1.